The van der Waals surface area contributed by atoms with Crippen molar-refractivity contribution in [3.63, 3.8) is 0 Å². The minimum atomic E-state index is -0.906. The minimum absolute atomic E-state index is 0.301. The van der Waals surface area contributed by atoms with Crippen molar-refractivity contribution < 1.29 is 9.90 Å². The molecule has 1 aromatic carbocycles. The minimum Gasteiger partial charge on any atom is -0.478 e. The molecule has 2 aromatic rings. The summed E-state index contributed by atoms with van der Waals surface area (Å²) in [6, 6.07) is 6.87. The van der Waals surface area contributed by atoms with Crippen LogP contribution in [0.4, 0.5) is 0 Å². The van der Waals surface area contributed by atoms with Crippen LogP contribution in [0, 0.1) is 5.92 Å². The molecule has 0 aliphatic rings. The van der Waals surface area contributed by atoms with Crippen molar-refractivity contribution in [2.24, 2.45) is 5.92 Å². The molecule has 0 spiro atoms. The Morgan fingerprint density at radius 2 is 2.00 bits per heavy atom. The van der Waals surface area contributed by atoms with Gasteiger partial charge < -0.3 is 9.67 Å². The first-order valence-electron chi connectivity index (χ1n) is 6.25. The maximum atomic E-state index is 10.8. The molecule has 1 aromatic heterocycles. The Morgan fingerprint density at radius 3 is 2.58 bits per heavy atom. The van der Waals surface area contributed by atoms with E-state index in [1.165, 1.54) is 0 Å². The van der Waals surface area contributed by atoms with Gasteiger partial charge in [-0.1, -0.05) is 26.0 Å². The van der Waals surface area contributed by atoms with Gasteiger partial charge in [-0.2, -0.15) is 0 Å². The first kappa shape index (κ1) is 13.3. The molecular formula is C14H17N3O2. The van der Waals surface area contributed by atoms with Crippen molar-refractivity contribution in [1.29, 1.82) is 0 Å². The fourth-order valence-corrected chi connectivity index (χ4v) is 1.88. The molecule has 19 heavy (non-hydrogen) atoms. The van der Waals surface area contributed by atoms with Crippen molar-refractivity contribution in [3.8, 4) is 0 Å². The second kappa shape index (κ2) is 5.65. The van der Waals surface area contributed by atoms with E-state index in [1.54, 1.807) is 18.5 Å². The van der Waals surface area contributed by atoms with Crippen LogP contribution in [0.25, 0.3) is 0 Å². The molecular weight excluding hydrogens is 242 g/mol. The molecule has 0 saturated heterocycles. The lowest BCUT2D eigenvalue weighted by Crippen LogP contribution is -2.07. The van der Waals surface area contributed by atoms with Crippen LogP contribution in [0.1, 0.15) is 35.6 Å². The van der Waals surface area contributed by atoms with Gasteiger partial charge in [0.2, 0.25) is 0 Å². The molecule has 0 amide bonds. The highest BCUT2D eigenvalue weighted by Crippen LogP contribution is 2.10. The summed E-state index contributed by atoms with van der Waals surface area (Å²) in [6.45, 7) is 4.94. The zero-order valence-electron chi connectivity index (χ0n) is 11.1. The van der Waals surface area contributed by atoms with E-state index in [9.17, 15) is 4.79 Å². The molecule has 0 saturated carbocycles. The molecule has 1 heterocycles. The van der Waals surface area contributed by atoms with Gasteiger partial charge >= 0.3 is 5.97 Å². The predicted octanol–water partition coefficient (Wildman–Crippen LogP) is 2.22. The van der Waals surface area contributed by atoms with Gasteiger partial charge in [0.1, 0.15) is 12.2 Å². The van der Waals surface area contributed by atoms with Crippen molar-refractivity contribution in [3.05, 3.63) is 47.5 Å². The maximum absolute atomic E-state index is 10.8. The third-order valence-electron chi connectivity index (χ3n) is 2.84. The number of hydrogen-bond acceptors (Lipinski definition) is 3. The smallest absolute Gasteiger partial charge is 0.335 e. The van der Waals surface area contributed by atoms with E-state index in [-0.39, 0.29) is 0 Å². The molecule has 0 atom stereocenters. The average Bonchev–Trinajstić information content (AvgIpc) is 2.76. The fourth-order valence-electron chi connectivity index (χ4n) is 1.88. The van der Waals surface area contributed by atoms with Crippen LogP contribution in [0.5, 0.6) is 0 Å². The Hall–Kier alpha value is -2.17. The number of aromatic carboxylic acids is 1. The second-order valence-electron chi connectivity index (χ2n) is 4.98. The van der Waals surface area contributed by atoms with Gasteiger partial charge in [0, 0.05) is 6.42 Å². The van der Waals surface area contributed by atoms with E-state index in [0.717, 1.165) is 17.8 Å². The number of aromatic nitrogens is 3. The molecule has 0 aliphatic carbocycles. The second-order valence-corrected chi connectivity index (χ2v) is 4.98. The lowest BCUT2D eigenvalue weighted by atomic mass is 10.1. The highest BCUT2D eigenvalue weighted by Gasteiger charge is 2.08. The van der Waals surface area contributed by atoms with Crippen LogP contribution in [0.15, 0.2) is 30.6 Å². The quantitative estimate of drug-likeness (QED) is 0.894. The first-order chi connectivity index (χ1) is 9.06. The molecule has 2 rings (SSSR count). The molecule has 0 unspecified atom stereocenters. The monoisotopic (exact) mass is 259 g/mol. The fraction of sp³-hybridized carbons (Fsp3) is 0.357. The Kier molecular flexibility index (Phi) is 3.94. The van der Waals surface area contributed by atoms with E-state index in [4.69, 9.17) is 5.11 Å². The van der Waals surface area contributed by atoms with Crippen molar-refractivity contribution >= 4 is 5.97 Å². The summed E-state index contributed by atoms with van der Waals surface area (Å²) < 4.78 is 2.00. The number of rotatable bonds is 5. The highest BCUT2D eigenvalue weighted by molar-refractivity contribution is 5.87. The molecule has 5 nitrogen and oxygen atoms in total. The maximum Gasteiger partial charge on any atom is 0.335 e. The highest BCUT2D eigenvalue weighted by atomic mass is 16.4. The summed E-state index contributed by atoms with van der Waals surface area (Å²) in [6.07, 6.45) is 2.59. The third kappa shape index (κ3) is 3.40. The Morgan fingerprint density at radius 1 is 1.32 bits per heavy atom. The van der Waals surface area contributed by atoms with Crippen LogP contribution >= 0.6 is 0 Å². The third-order valence-corrected chi connectivity index (χ3v) is 2.84. The van der Waals surface area contributed by atoms with E-state index >= 15 is 0 Å². The van der Waals surface area contributed by atoms with Crippen LogP contribution in [-0.2, 0) is 13.0 Å². The molecule has 100 valence electrons. The Labute approximate surface area is 111 Å². The van der Waals surface area contributed by atoms with E-state index < -0.39 is 5.97 Å². The number of nitrogens with zero attached hydrogens (tertiary/aromatic N) is 3. The lowest BCUT2D eigenvalue weighted by Gasteiger charge is -2.08. The molecule has 0 radical (unpaired) electrons. The van der Waals surface area contributed by atoms with Gasteiger partial charge in [0.25, 0.3) is 0 Å². The first-order valence-corrected chi connectivity index (χ1v) is 6.25. The van der Waals surface area contributed by atoms with Gasteiger partial charge in [-0.05, 0) is 23.6 Å². The van der Waals surface area contributed by atoms with Gasteiger partial charge in [-0.15, -0.1) is 10.2 Å². The zero-order valence-corrected chi connectivity index (χ0v) is 11.1. The van der Waals surface area contributed by atoms with E-state index in [2.05, 4.69) is 24.0 Å². The largest absolute Gasteiger partial charge is 0.478 e. The SMILES string of the molecule is CC(C)Cc1nncn1Cc1ccc(C(=O)O)cc1. The van der Waals surface area contributed by atoms with Crippen molar-refractivity contribution in [2.45, 2.75) is 26.8 Å². The molecule has 0 fully saturated rings. The number of hydrogen-bond donors (Lipinski definition) is 1. The van der Waals surface area contributed by atoms with Gasteiger partial charge in [-0.3, -0.25) is 0 Å². The Balaban J connectivity index is 2.12. The van der Waals surface area contributed by atoms with Gasteiger partial charge in [0.05, 0.1) is 12.1 Å². The van der Waals surface area contributed by atoms with Crippen LogP contribution < -0.4 is 0 Å². The summed E-state index contributed by atoms with van der Waals surface area (Å²) >= 11 is 0. The molecule has 5 heteroatoms. The zero-order chi connectivity index (χ0) is 13.8. The van der Waals surface area contributed by atoms with E-state index in [0.29, 0.717) is 18.0 Å². The summed E-state index contributed by atoms with van der Waals surface area (Å²) in [5, 5.41) is 16.9. The number of carboxylic acid groups (broad SMARTS) is 1. The lowest BCUT2D eigenvalue weighted by molar-refractivity contribution is 0.0697. The molecule has 0 bridgehead atoms. The number of benzene rings is 1. The standard InChI is InChI=1S/C14H17N3O2/c1-10(2)7-13-16-15-9-17(13)8-11-3-5-12(6-4-11)14(18)19/h3-6,9-10H,7-8H2,1-2H3,(H,18,19). The van der Waals surface area contributed by atoms with Crippen LogP contribution in [0.2, 0.25) is 0 Å². The Bertz CT molecular complexity index is 558. The predicted molar refractivity (Wildman–Crippen MR) is 71.1 cm³/mol. The van der Waals surface area contributed by atoms with Crippen molar-refractivity contribution in [1.82, 2.24) is 14.8 Å². The number of carbonyl (C=O) groups is 1. The molecule has 0 aliphatic heterocycles. The van der Waals surface area contributed by atoms with Crippen molar-refractivity contribution in [2.75, 3.05) is 0 Å². The topological polar surface area (TPSA) is 68.0 Å². The van der Waals surface area contributed by atoms with E-state index in [1.807, 2.05) is 16.7 Å². The van der Waals surface area contributed by atoms with Gasteiger partial charge in [-0.25, -0.2) is 4.79 Å². The average molecular weight is 259 g/mol. The summed E-state index contributed by atoms with van der Waals surface area (Å²) in [5.74, 6) is 0.575. The summed E-state index contributed by atoms with van der Waals surface area (Å²) in [4.78, 5) is 10.8. The number of carboxylic acids is 1. The normalized spacial score (nSPS) is 10.9. The van der Waals surface area contributed by atoms with Crippen LogP contribution in [-0.4, -0.2) is 25.8 Å². The summed E-state index contributed by atoms with van der Waals surface area (Å²) in [5.41, 5.74) is 1.34. The molecule has 1 N–H and O–H groups in total. The van der Waals surface area contributed by atoms with Crippen LogP contribution in [0.3, 0.4) is 0 Å². The van der Waals surface area contributed by atoms with Gasteiger partial charge in [0.15, 0.2) is 0 Å². The summed E-state index contributed by atoms with van der Waals surface area (Å²) in [7, 11) is 0.